The second kappa shape index (κ2) is 7.50. The Labute approximate surface area is 122 Å². The number of ether oxygens (including phenoxy) is 1. The molecule has 4 nitrogen and oxygen atoms in total. The minimum Gasteiger partial charge on any atom is -0.492 e. The van der Waals surface area contributed by atoms with Crippen molar-refractivity contribution in [2.75, 3.05) is 30.0 Å². The van der Waals surface area contributed by atoms with Crippen LogP contribution in [0, 0.1) is 5.82 Å². The average molecular weight is 298 g/mol. The van der Waals surface area contributed by atoms with Gasteiger partial charge in [-0.25, -0.2) is 4.39 Å². The number of carbonyl (C=O) groups is 1. The third-order valence-electron chi connectivity index (χ3n) is 2.95. The van der Waals surface area contributed by atoms with E-state index in [9.17, 15) is 9.18 Å². The predicted octanol–water partition coefficient (Wildman–Crippen LogP) is 2.26. The molecule has 1 fully saturated rings. The van der Waals surface area contributed by atoms with E-state index in [-0.39, 0.29) is 17.8 Å². The molecule has 1 saturated heterocycles. The van der Waals surface area contributed by atoms with Crippen LogP contribution in [0.4, 0.5) is 10.1 Å². The van der Waals surface area contributed by atoms with Gasteiger partial charge < -0.3 is 15.4 Å². The number of thioether (sulfide) groups is 1. The van der Waals surface area contributed by atoms with Gasteiger partial charge in [0.15, 0.2) is 0 Å². The van der Waals surface area contributed by atoms with Crippen LogP contribution >= 0.6 is 11.8 Å². The number of amides is 1. The zero-order valence-electron chi connectivity index (χ0n) is 11.4. The number of nitrogens with one attached hydrogen (secondary N) is 2. The first kappa shape index (κ1) is 15.1. The number of anilines is 1. The molecule has 1 aromatic carbocycles. The van der Waals surface area contributed by atoms with E-state index in [1.54, 1.807) is 0 Å². The Morgan fingerprint density at radius 2 is 2.45 bits per heavy atom. The second-order valence-electron chi connectivity index (χ2n) is 4.55. The molecule has 0 spiro atoms. The molecule has 0 aromatic heterocycles. The van der Waals surface area contributed by atoms with Crippen LogP contribution in [-0.2, 0) is 4.79 Å². The Morgan fingerprint density at radius 3 is 3.15 bits per heavy atom. The van der Waals surface area contributed by atoms with E-state index >= 15 is 0 Å². The summed E-state index contributed by atoms with van der Waals surface area (Å²) >= 11 is 1.85. The first-order valence-corrected chi connectivity index (χ1v) is 7.88. The monoisotopic (exact) mass is 298 g/mol. The Balaban J connectivity index is 1.96. The van der Waals surface area contributed by atoms with Crippen molar-refractivity contribution in [1.82, 2.24) is 5.32 Å². The Hall–Kier alpha value is -1.27. The maximum Gasteiger partial charge on any atom is 0.226 e. The molecule has 1 heterocycles. The lowest BCUT2D eigenvalue weighted by Crippen LogP contribution is -2.39. The zero-order chi connectivity index (χ0) is 14.4. The number of benzene rings is 1. The molecule has 2 rings (SSSR count). The van der Waals surface area contributed by atoms with Crippen molar-refractivity contribution in [1.29, 1.82) is 0 Å². The molecule has 0 saturated carbocycles. The van der Waals surface area contributed by atoms with Crippen LogP contribution in [0.15, 0.2) is 18.2 Å². The van der Waals surface area contributed by atoms with Crippen molar-refractivity contribution < 1.29 is 13.9 Å². The molecule has 0 radical (unpaired) electrons. The van der Waals surface area contributed by atoms with Gasteiger partial charge in [-0.1, -0.05) is 0 Å². The van der Waals surface area contributed by atoms with E-state index in [4.69, 9.17) is 4.74 Å². The standard InChI is InChI=1S/C14H19FN2O2S/c1-2-19-13-7-10(15)3-4-12(13)17-14(18)8-11-9-20-6-5-16-11/h3-4,7,11,16H,2,5-6,8-9H2,1H3,(H,17,18). The molecule has 6 heteroatoms. The van der Waals surface area contributed by atoms with Crippen molar-refractivity contribution in [3.05, 3.63) is 24.0 Å². The molecule has 1 aromatic rings. The fourth-order valence-corrected chi connectivity index (χ4v) is 3.00. The summed E-state index contributed by atoms with van der Waals surface area (Å²) < 4.78 is 18.5. The molecule has 2 N–H and O–H groups in total. The molecule has 0 bridgehead atoms. The Morgan fingerprint density at radius 1 is 1.60 bits per heavy atom. The maximum atomic E-state index is 13.2. The predicted molar refractivity (Wildman–Crippen MR) is 79.9 cm³/mol. The van der Waals surface area contributed by atoms with Gasteiger partial charge >= 0.3 is 0 Å². The highest BCUT2D eigenvalue weighted by Crippen LogP contribution is 2.25. The van der Waals surface area contributed by atoms with E-state index < -0.39 is 0 Å². The van der Waals surface area contributed by atoms with Crippen LogP contribution in [0.1, 0.15) is 13.3 Å². The van der Waals surface area contributed by atoms with Gasteiger partial charge in [-0.3, -0.25) is 4.79 Å². The summed E-state index contributed by atoms with van der Waals surface area (Å²) in [5.41, 5.74) is 0.515. The highest BCUT2D eigenvalue weighted by Gasteiger charge is 2.17. The molecular formula is C14H19FN2O2S. The van der Waals surface area contributed by atoms with Gasteiger partial charge in [0.25, 0.3) is 0 Å². The van der Waals surface area contributed by atoms with Crippen LogP contribution in [0.2, 0.25) is 0 Å². The summed E-state index contributed by atoms with van der Waals surface area (Å²) in [5.74, 6) is 1.93. The highest BCUT2D eigenvalue weighted by molar-refractivity contribution is 7.99. The maximum absolute atomic E-state index is 13.2. The first-order chi connectivity index (χ1) is 9.69. The molecule has 1 aliphatic rings. The molecule has 1 unspecified atom stereocenters. The number of halogens is 1. The van der Waals surface area contributed by atoms with Crippen LogP contribution in [0.3, 0.4) is 0 Å². The molecular weight excluding hydrogens is 279 g/mol. The summed E-state index contributed by atoms with van der Waals surface area (Å²) in [7, 11) is 0. The third-order valence-corrected chi connectivity index (χ3v) is 4.08. The van der Waals surface area contributed by atoms with Crippen molar-refractivity contribution in [2.45, 2.75) is 19.4 Å². The number of carbonyl (C=O) groups excluding carboxylic acids is 1. The molecule has 0 aliphatic carbocycles. The second-order valence-corrected chi connectivity index (χ2v) is 5.70. The minimum atomic E-state index is -0.378. The molecule has 110 valence electrons. The fraction of sp³-hybridized carbons (Fsp3) is 0.500. The van der Waals surface area contributed by atoms with Crippen molar-refractivity contribution in [3.63, 3.8) is 0 Å². The lowest BCUT2D eigenvalue weighted by atomic mass is 10.2. The molecule has 1 atom stereocenters. The summed E-state index contributed by atoms with van der Waals surface area (Å²) in [6, 6.07) is 4.33. The van der Waals surface area contributed by atoms with E-state index in [1.165, 1.54) is 18.2 Å². The topological polar surface area (TPSA) is 50.4 Å². The van der Waals surface area contributed by atoms with Crippen molar-refractivity contribution in [2.24, 2.45) is 0 Å². The smallest absolute Gasteiger partial charge is 0.226 e. The largest absolute Gasteiger partial charge is 0.492 e. The molecule has 1 aliphatic heterocycles. The van der Waals surface area contributed by atoms with Crippen LogP contribution < -0.4 is 15.4 Å². The summed E-state index contributed by atoms with van der Waals surface area (Å²) in [4.78, 5) is 12.0. The van der Waals surface area contributed by atoms with Gasteiger partial charge in [0, 0.05) is 36.6 Å². The van der Waals surface area contributed by atoms with Crippen LogP contribution in [0.5, 0.6) is 5.75 Å². The normalized spacial score (nSPS) is 18.6. The Bertz CT molecular complexity index is 464. The van der Waals surface area contributed by atoms with Gasteiger partial charge in [0.05, 0.1) is 12.3 Å². The van der Waals surface area contributed by atoms with Gasteiger partial charge in [-0.15, -0.1) is 0 Å². The van der Waals surface area contributed by atoms with E-state index in [2.05, 4.69) is 10.6 Å². The lowest BCUT2D eigenvalue weighted by Gasteiger charge is -2.22. The third kappa shape index (κ3) is 4.38. The SMILES string of the molecule is CCOc1cc(F)ccc1NC(=O)CC1CSCCN1. The van der Waals surface area contributed by atoms with Crippen LogP contribution in [-0.4, -0.2) is 36.6 Å². The van der Waals surface area contributed by atoms with Gasteiger partial charge in [0.1, 0.15) is 11.6 Å². The van der Waals surface area contributed by atoms with Gasteiger partial charge in [-0.05, 0) is 19.1 Å². The molecule has 1 amide bonds. The van der Waals surface area contributed by atoms with Gasteiger partial charge in [0.2, 0.25) is 5.91 Å². The quantitative estimate of drug-likeness (QED) is 0.875. The van der Waals surface area contributed by atoms with Gasteiger partial charge in [-0.2, -0.15) is 11.8 Å². The van der Waals surface area contributed by atoms with E-state index in [0.29, 0.717) is 24.5 Å². The Kier molecular flexibility index (Phi) is 5.67. The average Bonchev–Trinajstić information content (AvgIpc) is 2.43. The van der Waals surface area contributed by atoms with E-state index in [1.807, 2.05) is 18.7 Å². The fourth-order valence-electron chi connectivity index (χ4n) is 2.05. The lowest BCUT2D eigenvalue weighted by molar-refractivity contribution is -0.116. The first-order valence-electron chi connectivity index (χ1n) is 6.72. The van der Waals surface area contributed by atoms with Crippen molar-refractivity contribution >= 4 is 23.4 Å². The summed E-state index contributed by atoms with van der Waals surface area (Å²) in [5, 5.41) is 6.10. The summed E-state index contributed by atoms with van der Waals surface area (Å²) in [6.07, 6.45) is 0.413. The van der Waals surface area contributed by atoms with E-state index in [0.717, 1.165) is 18.1 Å². The zero-order valence-corrected chi connectivity index (χ0v) is 12.3. The number of rotatable bonds is 5. The highest BCUT2D eigenvalue weighted by atomic mass is 32.2. The number of hydrogen-bond donors (Lipinski definition) is 2. The van der Waals surface area contributed by atoms with Crippen LogP contribution in [0.25, 0.3) is 0 Å². The minimum absolute atomic E-state index is 0.0856. The molecule has 20 heavy (non-hydrogen) atoms. The number of hydrogen-bond acceptors (Lipinski definition) is 4. The van der Waals surface area contributed by atoms with Crippen molar-refractivity contribution in [3.8, 4) is 5.75 Å². The summed E-state index contributed by atoms with van der Waals surface area (Å²) in [6.45, 7) is 3.18.